The van der Waals surface area contributed by atoms with Gasteiger partial charge in [0, 0.05) is 53.5 Å². The molecule has 1 aliphatic carbocycles. The number of aryl methyl sites for hydroxylation is 2. The monoisotopic (exact) mass is 519 g/mol. The third kappa shape index (κ3) is 5.58. The van der Waals surface area contributed by atoms with Gasteiger partial charge in [0.05, 0.1) is 5.69 Å². The summed E-state index contributed by atoms with van der Waals surface area (Å²) in [5, 5.41) is 5.40. The summed E-state index contributed by atoms with van der Waals surface area (Å²) in [6.45, 7) is 2.96. The summed E-state index contributed by atoms with van der Waals surface area (Å²) in [4.78, 5) is 31.0. The summed E-state index contributed by atoms with van der Waals surface area (Å²) >= 11 is 5.98. The van der Waals surface area contributed by atoms with Crippen LogP contribution in [0.2, 0.25) is 5.02 Å². The van der Waals surface area contributed by atoms with Crippen LogP contribution in [-0.2, 0) is 19.9 Å². The molecule has 3 aromatic rings. The van der Waals surface area contributed by atoms with E-state index in [1.54, 1.807) is 36.4 Å². The largest absolute Gasteiger partial charge is 0.399 e. The number of aromatic nitrogens is 2. The molecule has 37 heavy (non-hydrogen) atoms. The second kappa shape index (κ2) is 11.1. The Bertz CT molecular complexity index is 1260. The standard InChI is InChI=1S/C29H34ClN5O2/c1-33-28(25-4-2-3-5-26(25)32-33)35(29(37)22-8-12-24(31)13-9-22)19-18-34-16-14-21(15-17-34)27(36)20-6-10-23(30)11-7-20/h6-13,21H,2-5,14-19,31H2,1H3. The molecule has 7 nitrogen and oxygen atoms in total. The molecule has 1 aliphatic heterocycles. The summed E-state index contributed by atoms with van der Waals surface area (Å²) in [5.74, 6) is 1.08. The highest BCUT2D eigenvalue weighted by Gasteiger charge is 2.30. The minimum absolute atomic E-state index is 0.0223. The van der Waals surface area contributed by atoms with Crippen LogP contribution < -0.4 is 10.6 Å². The van der Waals surface area contributed by atoms with E-state index in [9.17, 15) is 9.59 Å². The van der Waals surface area contributed by atoms with Gasteiger partial charge in [-0.15, -0.1) is 0 Å². The van der Waals surface area contributed by atoms with Crippen molar-refractivity contribution >= 4 is 34.8 Å². The molecule has 5 rings (SSSR count). The van der Waals surface area contributed by atoms with Crippen molar-refractivity contribution in [2.24, 2.45) is 13.0 Å². The fourth-order valence-corrected chi connectivity index (χ4v) is 5.72. The average Bonchev–Trinajstić information content (AvgIpc) is 3.25. The first-order valence-corrected chi connectivity index (χ1v) is 13.5. The number of nitrogen functional groups attached to an aromatic ring is 1. The Balaban J connectivity index is 1.29. The number of carbonyl (C=O) groups is 2. The lowest BCUT2D eigenvalue weighted by Crippen LogP contribution is -2.43. The van der Waals surface area contributed by atoms with E-state index in [0.29, 0.717) is 22.8 Å². The quantitative estimate of drug-likeness (QED) is 0.359. The van der Waals surface area contributed by atoms with Crippen molar-refractivity contribution in [2.45, 2.75) is 38.5 Å². The lowest BCUT2D eigenvalue weighted by molar-refractivity contribution is 0.0841. The maximum Gasteiger partial charge on any atom is 0.259 e. The number of Topliss-reactive ketones (excluding diaryl/α,β-unsaturated/α-hetero) is 1. The predicted molar refractivity (Wildman–Crippen MR) is 147 cm³/mol. The van der Waals surface area contributed by atoms with Crippen LogP contribution in [0.4, 0.5) is 11.5 Å². The molecule has 2 N–H and O–H groups in total. The third-order valence-electron chi connectivity index (χ3n) is 7.67. The maximum atomic E-state index is 13.8. The van der Waals surface area contributed by atoms with Crippen molar-refractivity contribution in [1.29, 1.82) is 0 Å². The first-order valence-electron chi connectivity index (χ1n) is 13.1. The summed E-state index contributed by atoms with van der Waals surface area (Å²) in [7, 11) is 1.94. The van der Waals surface area contributed by atoms with Crippen molar-refractivity contribution in [1.82, 2.24) is 14.7 Å². The topological polar surface area (TPSA) is 84.5 Å². The smallest absolute Gasteiger partial charge is 0.259 e. The first-order chi connectivity index (χ1) is 17.9. The van der Waals surface area contributed by atoms with Gasteiger partial charge in [-0.3, -0.25) is 19.2 Å². The fourth-order valence-electron chi connectivity index (χ4n) is 5.60. The number of hydrogen-bond acceptors (Lipinski definition) is 5. The first kappa shape index (κ1) is 25.5. The van der Waals surface area contributed by atoms with Crippen molar-refractivity contribution in [3.63, 3.8) is 0 Å². The molecule has 0 unspecified atom stereocenters. The molecule has 1 fully saturated rings. The Morgan fingerprint density at radius 1 is 1.00 bits per heavy atom. The van der Waals surface area contributed by atoms with Crippen LogP contribution in [0.1, 0.15) is 57.7 Å². The van der Waals surface area contributed by atoms with Gasteiger partial charge in [-0.2, -0.15) is 5.10 Å². The van der Waals surface area contributed by atoms with E-state index < -0.39 is 0 Å². The van der Waals surface area contributed by atoms with Crippen molar-refractivity contribution in [3.8, 4) is 0 Å². The zero-order valence-electron chi connectivity index (χ0n) is 21.3. The summed E-state index contributed by atoms with van der Waals surface area (Å²) in [6, 6.07) is 14.3. The molecule has 8 heteroatoms. The fraction of sp³-hybridized carbons (Fsp3) is 0.414. The van der Waals surface area contributed by atoms with Crippen LogP contribution in [0.3, 0.4) is 0 Å². The number of anilines is 2. The number of ketones is 1. The highest BCUT2D eigenvalue weighted by molar-refractivity contribution is 6.30. The molecule has 2 aliphatic rings. The van der Waals surface area contributed by atoms with Gasteiger partial charge >= 0.3 is 0 Å². The number of piperidine rings is 1. The average molecular weight is 520 g/mol. The molecule has 0 radical (unpaired) electrons. The minimum Gasteiger partial charge on any atom is -0.399 e. The van der Waals surface area contributed by atoms with Crippen molar-refractivity contribution in [2.75, 3.05) is 36.8 Å². The van der Waals surface area contributed by atoms with Gasteiger partial charge in [0.25, 0.3) is 5.91 Å². The zero-order chi connectivity index (χ0) is 25.9. The number of nitrogens with zero attached hydrogens (tertiary/aromatic N) is 4. The normalized spacial score (nSPS) is 16.4. The number of fused-ring (bicyclic) bond motifs is 1. The summed E-state index contributed by atoms with van der Waals surface area (Å²) in [6.07, 6.45) is 5.79. The predicted octanol–water partition coefficient (Wildman–Crippen LogP) is 4.78. The molecular weight excluding hydrogens is 486 g/mol. The molecule has 194 valence electrons. The Kier molecular flexibility index (Phi) is 7.63. The van der Waals surface area contributed by atoms with Gasteiger partial charge in [0.1, 0.15) is 5.82 Å². The van der Waals surface area contributed by atoms with E-state index in [0.717, 1.165) is 75.2 Å². The zero-order valence-corrected chi connectivity index (χ0v) is 22.1. The molecule has 0 atom stereocenters. The second-order valence-electron chi connectivity index (χ2n) is 10.1. The molecule has 1 aromatic heterocycles. The Labute approximate surface area is 223 Å². The number of rotatable bonds is 7. The number of amides is 1. The number of benzene rings is 2. The summed E-state index contributed by atoms with van der Waals surface area (Å²) < 4.78 is 1.88. The van der Waals surface area contributed by atoms with E-state index in [-0.39, 0.29) is 17.6 Å². The van der Waals surface area contributed by atoms with E-state index in [1.807, 2.05) is 28.8 Å². The number of carbonyl (C=O) groups excluding carboxylic acids is 2. The Hall–Kier alpha value is -3.16. The molecule has 2 aromatic carbocycles. The van der Waals surface area contributed by atoms with Crippen molar-refractivity contribution < 1.29 is 9.59 Å². The van der Waals surface area contributed by atoms with Gasteiger partial charge < -0.3 is 10.6 Å². The van der Waals surface area contributed by atoms with Crippen molar-refractivity contribution in [3.05, 3.63) is 75.9 Å². The number of hydrogen-bond donors (Lipinski definition) is 1. The van der Waals surface area contributed by atoms with Gasteiger partial charge in [-0.25, -0.2) is 0 Å². The van der Waals surface area contributed by atoms with Crippen LogP contribution in [0.15, 0.2) is 48.5 Å². The molecular formula is C29H34ClN5O2. The van der Waals surface area contributed by atoms with E-state index in [4.69, 9.17) is 22.4 Å². The summed E-state index contributed by atoms with van der Waals surface area (Å²) in [5.41, 5.74) is 10.2. The van der Waals surface area contributed by atoms with Crippen LogP contribution in [0, 0.1) is 5.92 Å². The molecule has 2 heterocycles. The lowest BCUT2D eigenvalue weighted by atomic mass is 9.89. The minimum atomic E-state index is -0.0378. The Morgan fingerprint density at radius 2 is 1.65 bits per heavy atom. The molecule has 0 bridgehead atoms. The van der Waals surface area contributed by atoms with Gasteiger partial charge in [-0.05, 0) is 100 Å². The van der Waals surface area contributed by atoms with Crippen LogP contribution in [-0.4, -0.2) is 52.5 Å². The van der Waals surface area contributed by atoms with Crippen LogP contribution in [0.25, 0.3) is 0 Å². The number of halogens is 1. The number of likely N-dealkylation sites (tertiary alicyclic amines) is 1. The van der Waals surface area contributed by atoms with E-state index in [1.165, 1.54) is 5.56 Å². The van der Waals surface area contributed by atoms with Gasteiger partial charge in [0.2, 0.25) is 0 Å². The van der Waals surface area contributed by atoms with E-state index in [2.05, 4.69) is 4.90 Å². The lowest BCUT2D eigenvalue weighted by Gasteiger charge is -2.33. The molecule has 1 saturated heterocycles. The SMILES string of the molecule is Cn1nc2c(c1N(CCN1CCC(C(=O)c3ccc(Cl)cc3)CC1)C(=O)c1ccc(N)cc1)CCCC2. The van der Waals surface area contributed by atoms with Gasteiger partial charge in [-0.1, -0.05) is 11.6 Å². The highest BCUT2D eigenvalue weighted by atomic mass is 35.5. The van der Waals surface area contributed by atoms with Crippen LogP contribution in [0.5, 0.6) is 0 Å². The molecule has 1 amide bonds. The second-order valence-corrected chi connectivity index (χ2v) is 10.6. The molecule has 0 saturated carbocycles. The van der Waals surface area contributed by atoms with Gasteiger partial charge in [0.15, 0.2) is 5.78 Å². The number of nitrogens with two attached hydrogens (primary N) is 1. The van der Waals surface area contributed by atoms with Crippen LogP contribution >= 0.6 is 11.6 Å². The van der Waals surface area contributed by atoms with E-state index >= 15 is 0 Å². The third-order valence-corrected chi connectivity index (χ3v) is 7.92. The maximum absolute atomic E-state index is 13.8. The Morgan fingerprint density at radius 3 is 2.35 bits per heavy atom. The highest BCUT2D eigenvalue weighted by Crippen LogP contribution is 2.31. The molecule has 0 spiro atoms.